The third-order valence-corrected chi connectivity index (χ3v) is 3.53. The molecule has 0 atom stereocenters. The summed E-state index contributed by atoms with van der Waals surface area (Å²) in [4.78, 5) is 24.3. The Morgan fingerprint density at radius 2 is 1.68 bits per heavy atom. The van der Waals surface area contributed by atoms with Gasteiger partial charge in [0, 0.05) is 6.04 Å². The molecular formula is C15H17F3N2O2. The third kappa shape index (κ3) is 3.58. The molecule has 1 saturated carbocycles. The maximum Gasteiger partial charge on any atom is 0.418 e. The number of rotatable bonds is 4. The Bertz CT molecular complexity index is 593. The maximum atomic E-state index is 12.9. The van der Waals surface area contributed by atoms with Crippen molar-refractivity contribution in [3.63, 3.8) is 0 Å². The van der Waals surface area contributed by atoms with Crippen LogP contribution in [0.15, 0.2) is 24.3 Å². The highest BCUT2D eigenvalue weighted by Gasteiger charge is 2.40. The van der Waals surface area contributed by atoms with Crippen LogP contribution in [0.2, 0.25) is 0 Å². The van der Waals surface area contributed by atoms with Crippen molar-refractivity contribution in [2.75, 3.05) is 5.32 Å². The fraction of sp³-hybridized carbons (Fsp3) is 0.467. The summed E-state index contributed by atoms with van der Waals surface area (Å²) in [6.07, 6.45) is -2.86. The van der Waals surface area contributed by atoms with E-state index in [-0.39, 0.29) is 11.7 Å². The summed E-state index contributed by atoms with van der Waals surface area (Å²) in [6.45, 7) is 2.77. The van der Waals surface area contributed by atoms with Crippen molar-refractivity contribution >= 4 is 17.5 Å². The van der Waals surface area contributed by atoms with Gasteiger partial charge in [0.05, 0.1) is 11.3 Å². The summed E-state index contributed by atoms with van der Waals surface area (Å²) in [6, 6.07) is 4.75. The number of hydrogen-bond acceptors (Lipinski definition) is 2. The van der Waals surface area contributed by atoms with E-state index >= 15 is 0 Å². The SMILES string of the molecule is CC(C)(C(=O)Nc1ccccc1C(F)(F)F)C(=O)NC1CC1. The number of para-hydroxylation sites is 1. The normalized spacial score (nSPS) is 15.3. The predicted molar refractivity (Wildman–Crippen MR) is 75.0 cm³/mol. The van der Waals surface area contributed by atoms with Gasteiger partial charge in [-0.1, -0.05) is 12.1 Å². The Kier molecular flexibility index (Phi) is 4.17. The molecule has 0 aliphatic heterocycles. The first-order valence-electron chi connectivity index (χ1n) is 6.91. The lowest BCUT2D eigenvalue weighted by molar-refractivity contribution is -0.138. The van der Waals surface area contributed by atoms with Crippen LogP contribution in [-0.4, -0.2) is 17.9 Å². The van der Waals surface area contributed by atoms with Crippen LogP contribution in [0.3, 0.4) is 0 Å². The van der Waals surface area contributed by atoms with Crippen molar-refractivity contribution in [2.24, 2.45) is 5.41 Å². The summed E-state index contributed by atoms with van der Waals surface area (Å²) < 4.78 is 38.7. The highest BCUT2D eigenvalue weighted by molar-refractivity contribution is 6.10. The van der Waals surface area contributed by atoms with E-state index in [1.165, 1.54) is 26.0 Å². The molecule has 2 rings (SSSR count). The molecule has 4 nitrogen and oxygen atoms in total. The largest absolute Gasteiger partial charge is 0.418 e. The molecular weight excluding hydrogens is 297 g/mol. The first kappa shape index (κ1) is 16.3. The second-order valence-electron chi connectivity index (χ2n) is 5.87. The summed E-state index contributed by atoms with van der Waals surface area (Å²) in [7, 11) is 0. The molecule has 0 bridgehead atoms. The Hall–Kier alpha value is -2.05. The summed E-state index contributed by atoms with van der Waals surface area (Å²) in [5, 5.41) is 4.90. The van der Waals surface area contributed by atoms with Gasteiger partial charge in [-0.15, -0.1) is 0 Å². The number of halogens is 3. The van der Waals surface area contributed by atoms with Crippen molar-refractivity contribution in [3.8, 4) is 0 Å². The van der Waals surface area contributed by atoms with Gasteiger partial charge in [-0.2, -0.15) is 13.2 Å². The number of amides is 2. The van der Waals surface area contributed by atoms with Crippen LogP contribution in [-0.2, 0) is 15.8 Å². The predicted octanol–water partition coefficient (Wildman–Crippen LogP) is 2.95. The first-order chi connectivity index (χ1) is 10.1. The minimum absolute atomic E-state index is 0.0713. The average molecular weight is 314 g/mol. The summed E-state index contributed by atoms with van der Waals surface area (Å²) in [5.41, 5.74) is -2.75. The molecule has 1 aromatic rings. The van der Waals surface area contributed by atoms with Crippen LogP contribution in [0.25, 0.3) is 0 Å². The molecule has 0 heterocycles. The lowest BCUT2D eigenvalue weighted by Gasteiger charge is -2.23. The zero-order chi connectivity index (χ0) is 16.5. The quantitative estimate of drug-likeness (QED) is 0.840. The van der Waals surface area contributed by atoms with E-state index in [0.717, 1.165) is 25.0 Å². The zero-order valence-electron chi connectivity index (χ0n) is 12.3. The van der Waals surface area contributed by atoms with E-state index in [4.69, 9.17) is 0 Å². The Balaban J connectivity index is 2.16. The van der Waals surface area contributed by atoms with Gasteiger partial charge in [0.15, 0.2) is 0 Å². The molecule has 1 fully saturated rings. The number of carbonyl (C=O) groups excluding carboxylic acids is 2. The van der Waals surface area contributed by atoms with Crippen LogP contribution in [0.4, 0.5) is 18.9 Å². The molecule has 22 heavy (non-hydrogen) atoms. The minimum atomic E-state index is -4.58. The molecule has 120 valence electrons. The van der Waals surface area contributed by atoms with Gasteiger partial charge in [-0.3, -0.25) is 9.59 Å². The topological polar surface area (TPSA) is 58.2 Å². The van der Waals surface area contributed by atoms with Crippen LogP contribution < -0.4 is 10.6 Å². The van der Waals surface area contributed by atoms with E-state index in [1.54, 1.807) is 0 Å². The fourth-order valence-corrected chi connectivity index (χ4v) is 1.81. The Morgan fingerprint density at radius 3 is 2.23 bits per heavy atom. The molecule has 0 unspecified atom stereocenters. The number of carbonyl (C=O) groups is 2. The van der Waals surface area contributed by atoms with Crippen LogP contribution in [0, 0.1) is 5.41 Å². The molecule has 0 radical (unpaired) electrons. The fourth-order valence-electron chi connectivity index (χ4n) is 1.81. The molecule has 2 amide bonds. The van der Waals surface area contributed by atoms with Gasteiger partial charge < -0.3 is 10.6 Å². The highest BCUT2D eigenvalue weighted by atomic mass is 19.4. The number of hydrogen-bond donors (Lipinski definition) is 2. The average Bonchev–Trinajstić information content (AvgIpc) is 3.21. The van der Waals surface area contributed by atoms with Gasteiger partial charge in [-0.05, 0) is 38.8 Å². The molecule has 2 N–H and O–H groups in total. The summed E-state index contributed by atoms with van der Waals surface area (Å²) >= 11 is 0. The van der Waals surface area contributed by atoms with E-state index in [0.29, 0.717) is 0 Å². The number of benzene rings is 1. The third-order valence-electron chi connectivity index (χ3n) is 3.53. The minimum Gasteiger partial charge on any atom is -0.352 e. The molecule has 0 spiro atoms. The van der Waals surface area contributed by atoms with Gasteiger partial charge in [0.25, 0.3) is 0 Å². The lowest BCUT2D eigenvalue weighted by atomic mass is 9.90. The lowest BCUT2D eigenvalue weighted by Crippen LogP contribution is -2.46. The van der Waals surface area contributed by atoms with E-state index < -0.39 is 29.0 Å². The van der Waals surface area contributed by atoms with Crippen LogP contribution in [0.1, 0.15) is 32.3 Å². The van der Waals surface area contributed by atoms with Gasteiger partial charge in [-0.25, -0.2) is 0 Å². The van der Waals surface area contributed by atoms with Crippen LogP contribution >= 0.6 is 0 Å². The van der Waals surface area contributed by atoms with Crippen molar-refractivity contribution in [1.29, 1.82) is 0 Å². The highest BCUT2D eigenvalue weighted by Crippen LogP contribution is 2.35. The van der Waals surface area contributed by atoms with E-state index in [2.05, 4.69) is 10.6 Å². The second kappa shape index (κ2) is 5.62. The van der Waals surface area contributed by atoms with E-state index in [9.17, 15) is 22.8 Å². The number of alkyl halides is 3. The second-order valence-corrected chi connectivity index (χ2v) is 5.87. The molecule has 1 aromatic carbocycles. The van der Waals surface area contributed by atoms with Crippen LogP contribution in [0.5, 0.6) is 0 Å². The number of anilines is 1. The number of nitrogens with one attached hydrogen (secondary N) is 2. The van der Waals surface area contributed by atoms with Gasteiger partial charge in [0.1, 0.15) is 5.41 Å². The van der Waals surface area contributed by atoms with Crippen molar-refractivity contribution in [3.05, 3.63) is 29.8 Å². The molecule has 1 aliphatic carbocycles. The molecule has 1 aliphatic rings. The molecule has 0 aromatic heterocycles. The van der Waals surface area contributed by atoms with Crippen molar-refractivity contribution in [2.45, 2.75) is 38.9 Å². The monoisotopic (exact) mass is 314 g/mol. The van der Waals surface area contributed by atoms with E-state index in [1.807, 2.05) is 0 Å². The maximum absolute atomic E-state index is 12.9. The molecule has 7 heteroatoms. The summed E-state index contributed by atoms with van der Waals surface area (Å²) in [5.74, 6) is -1.26. The first-order valence-corrected chi connectivity index (χ1v) is 6.91. The van der Waals surface area contributed by atoms with Crippen molar-refractivity contribution in [1.82, 2.24) is 5.32 Å². The van der Waals surface area contributed by atoms with Gasteiger partial charge in [0.2, 0.25) is 11.8 Å². The Morgan fingerprint density at radius 1 is 1.09 bits per heavy atom. The smallest absolute Gasteiger partial charge is 0.352 e. The molecule has 0 saturated heterocycles. The zero-order valence-corrected chi connectivity index (χ0v) is 12.3. The van der Waals surface area contributed by atoms with Crippen molar-refractivity contribution < 1.29 is 22.8 Å². The van der Waals surface area contributed by atoms with Gasteiger partial charge >= 0.3 is 6.18 Å². The standard InChI is InChI=1S/C15H17F3N2O2/c1-14(2,12(21)19-9-7-8-9)13(22)20-11-6-4-3-5-10(11)15(16,17)18/h3-6,9H,7-8H2,1-2H3,(H,19,21)(H,20,22). The Labute approximate surface area is 126 Å².